The van der Waals surface area contributed by atoms with E-state index in [1.54, 1.807) is 6.92 Å². The van der Waals surface area contributed by atoms with Gasteiger partial charge in [-0.1, -0.05) is 22.0 Å². The summed E-state index contributed by atoms with van der Waals surface area (Å²) >= 11 is 3.53. The average Bonchev–Trinajstić information content (AvgIpc) is 2.79. The smallest absolute Gasteiger partial charge is 0.217 e. The van der Waals surface area contributed by atoms with Crippen LogP contribution in [0.2, 0.25) is 0 Å². The molecular formula is C14H20BrN3O. The number of benzene rings is 1. The van der Waals surface area contributed by atoms with Gasteiger partial charge < -0.3 is 15.5 Å². The van der Waals surface area contributed by atoms with Gasteiger partial charge in [-0.2, -0.15) is 0 Å². The van der Waals surface area contributed by atoms with Gasteiger partial charge >= 0.3 is 0 Å². The Balaban J connectivity index is 2.13. The third-order valence-corrected chi connectivity index (χ3v) is 3.84. The fourth-order valence-corrected chi connectivity index (χ4v) is 2.90. The van der Waals surface area contributed by atoms with Crippen LogP contribution in [0.1, 0.15) is 18.9 Å². The summed E-state index contributed by atoms with van der Waals surface area (Å²) in [6, 6.07) is 6.63. The number of anilines is 1. The molecule has 0 bridgehead atoms. The highest BCUT2D eigenvalue weighted by Crippen LogP contribution is 2.28. The maximum atomic E-state index is 11.1. The van der Waals surface area contributed by atoms with Gasteiger partial charge in [-0.15, -0.1) is 0 Å². The summed E-state index contributed by atoms with van der Waals surface area (Å²) in [5.41, 5.74) is 2.53. The molecule has 1 saturated heterocycles. The van der Waals surface area contributed by atoms with E-state index in [0.29, 0.717) is 0 Å². The molecule has 0 radical (unpaired) electrons. The Bertz CT molecular complexity index is 464. The summed E-state index contributed by atoms with van der Waals surface area (Å²) < 4.78 is 1.09. The van der Waals surface area contributed by atoms with E-state index >= 15 is 0 Å². The lowest BCUT2D eigenvalue weighted by molar-refractivity contribution is -0.119. The van der Waals surface area contributed by atoms with Crippen molar-refractivity contribution in [3.05, 3.63) is 28.2 Å². The Hall–Kier alpha value is -1.07. The molecule has 1 fully saturated rings. The van der Waals surface area contributed by atoms with Gasteiger partial charge in [0, 0.05) is 42.8 Å². The topological polar surface area (TPSA) is 44.4 Å². The first-order valence-electron chi connectivity index (χ1n) is 6.55. The summed E-state index contributed by atoms with van der Waals surface area (Å²) in [6.07, 6.45) is 1.01. The first kappa shape index (κ1) is 14.3. The third-order valence-electron chi connectivity index (χ3n) is 3.35. The molecule has 19 heavy (non-hydrogen) atoms. The first-order chi connectivity index (χ1) is 9.10. The van der Waals surface area contributed by atoms with Crippen molar-refractivity contribution in [3.8, 4) is 0 Å². The van der Waals surface area contributed by atoms with E-state index in [-0.39, 0.29) is 11.9 Å². The third kappa shape index (κ3) is 3.70. The number of nitrogens with zero attached hydrogens (tertiary/aromatic N) is 1. The van der Waals surface area contributed by atoms with Gasteiger partial charge in [-0.3, -0.25) is 4.79 Å². The second-order valence-electron chi connectivity index (χ2n) is 4.94. The van der Waals surface area contributed by atoms with Crippen LogP contribution >= 0.6 is 15.9 Å². The van der Waals surface area contributed by atoms with E-state index in [0.717, 1.165) is 30.5 Å². The van der Waals surface area contributed by atoms with E-state index in [1.165, 1.54) is 11.3 Å². The molecule has 1 heterocycles. The zero-order valence-electron chi connectivity index (χ0n) is 11.4. The largest absolute Gasteiger partial charge is 0.369 e. The fraction of sp³-hybridized carbons (Fsp3) is 0.500. The lowest BCUT2D eigenvalue weighted by Gasteiger charge is -2.22. The Morgan fingerprint density at radius 3 is 3.00 bits per heavy atom. The molecule has 1 aliphatic rings. The van der Waals surface area contributed by atoms with Crippen LogP contribution < -0.4 is 15.5 Å². The standard InChI is InChI=1S/C14H20BrN3O/c1-10(19)17-13-5-6-18(9-13)14-7-12(15)4-3-11(14)8-16-2/h3-4,7,13,16H,5-6,8-9H2,1-2H3,(H,17,19). The van der Waals surface area contributed by atoms with Crippen molar-refractivity contribution in [3.63, 3.8) is 0 Å². The predicted molar refractivity (Wildman–Crippen MR) is 81.3 cm³/mol. The second kappa shape index (κ2) is 6.39. The molecule has 5 heteroatoms. The summed E-state index contributed by atoms with van der Waals surface area (Å²) in [5.74, 6) is 0.0524. The SMILES string of the molecule is CNCc1ccc(Br)cc1N1CCC(NC(C)=O)C1. The number of carbonyl (C=O) groups excluding carboxylic acids is 1. The van der Waals surface area contributed by atoms with Crippen LogP contribution in [0.25, 0.3) is 0 Å². The molecule has 1 unspecified atom stereocenters. The number of nitrogens with one attached hydrogen (secondary N) is 2. The van der Waals surface area contributed by atoms with Gasteiger partial charge in [0.1, 0.15) is 0 Å². The summed E-state index contributed by atoms with van der Waals surface area (Å²) in [7, 11) is 1.95. The molecule has 4 nitrogen and oxygen atoms in total. The molecule has 2 N–H and O–H groups in total. The molecule has 0 spiro atoms. The maximum absolute atomic E-state index is 11.1. The van der Waals surface area contributed by atoms with Gasteiger partial charge in [0.25, 0.3) is 0 Å². The van der Waals surface area contributed by atoms with Crippen LogP contribution in [0.3, 0.4) is 0 Å². The van der Waals surface area contributed by atoms with Crippen molar-refractivity contribution in [2.45, 2.75) is 25.9 Å². The molecule has 1 amide bonds. The number of amides is 1. The van der Waals surface area contributed by atoms with Crippen molar-refractivity contribution in [2.24, 2.45) is 0 Å². The van der Waals surface area contributed by atoms with Crippen LogP contribution in [0.15, 0.2) is 22.7 Å². The summed E-state index contributed by atoms with van der Waals surface area (Å²) in [6.45, 7) is 4.29. The molecule has 1 aliphatic heterocycles. The highest BCUT2D eigenvalue weighted by molar-refractivity contribution is 9.10. The van der Waals surface area contributed by atoms with Crippen molar-refractivity contribution in [1.82, 2.24) is 10.6 Å². The minimum Gasteiger partial charge on any atom is -0.369 e. The van der Waals surface area contributed by atoms with Crippen LogP contribution in [0, 0.1) is 0 Å². The van der Waals surface area contributed by atoms with Crippen molar-refractivity contribution < 1.29 is 4.79 Å². The van der Waals surface area contributed by atoms with Crippen LogP contribution in [-0.4, -0.2) is 32.1 Å². The minimum absolute atomic E-state index is 0.0524. The van der Waals surface area contributed by atoms with Crippen LogP contribution in [-0.2, 0) is 11.3 Å². The molecule has 0 aliphatic carbocycles. The minimum atomic E-state index is 0.0524. The number of hydrogen-bond donors (Lipinski definition) is 2. The monoisotopic (exact) mass is 325 g/mol. The molecule has 104 valence electrons. The molecule has 1 aromatic carbocycles. The van der Waals surface area contributed by atoms with Crippen LogP contribution in [0.5, 0.6) is 0 Å². The molecule has 0 saturated carbocycles. The number of halogens is 1. The zero-order valence-corrected chi connectivity index (χ0v) is 13.0. The predicted octanol–water partition coefficient (Wildman–Crippen LogP) is 1.88. The van der Waals surface area contributed by atoms with Crippen LogP contribution in [0.4, 0.5) is 5.69 Å². The molecule has 2 rings (SSSR count). The Morgan fingerprint density at radius 2 is 2.32 bits per heavy atom. The molecule has 1 atom stereocenters. The maximum Gasteiger partial charge on any atom is 0.217 e. The molecular weight excluding hydrogens is 306 g/mol. The summed E-state index contributed by atoms with van der Waals surface area (Å²) in [5, 5.41) is 6.20. The Kier molecular flexibility index (Phi) is 4.82. The lowest BCUT2D eigenvalue weighted by Crippen LogP contribution is -2.35. The van der Waals surface area contributed by atoms with E-state index in [9.17, 15) is 4.79 Å². The number of carbonyl (C=O) groups is 1. The van der Waals surface area contributed by atoms with E-state index in [1.807, 2.05) is 7.05 Å². The second-order valence-corrected chi connectivity index (χ2v) is 5.85. The van der Waals surface area contributed by atoms with Gasteiger partial charge in [-0.05, 0) is 31.2 Å². The van der Waals surface area contributed by atoms with Crippen molar-refractivity contribution >= 4 is 27.5 Å². The first-order valence-corrected chi connectivity index (χ1v) is 7.34. The quantitative estimate of drug-likeness (QED) is 0.888. The lowest BCUT2D eigenvalue weighted by atomic mass is 10.1. The molecule has 1 aromatic rings. The summed E-state index contributed by atoms with van der Waals surface area (Å²) in [4.78, 5) is 13.5. The van der Waals surface area contributed by atoms with Gasteiger partial charge in [0.2, 0.25) is 5.91 Å². The highest BCUT2D eigenvalue weighted by Gasteiger charge is 2.24. The number of hydrogen-bond acceptors (Lipinski definition) is 3. The van der Waals surface area contributed by atoms with E-state index in [2.05, 4.69) is 49.7 Å². The molecule has 0 aromatic heterocycles. The van der Waals surface area contributed by atoms with E-state index < -0.39 is 0 Å². The Morgan fingerprint density at radius 1 is 1.53 bits per heavy atom. The fourth-order valence-electron chi connectivity index (χ4n) is 2.56. The zero-order chi connectivity index (χ0) is 13.8. The normalized spacial score (nSPS) is 18.7. The van der Waals surface area contributed by atoms with Gasteiger partial charge in [-0.25, -0.2) is 0 Å². The highest BCUT2D eigenvalue weighted by atomic mass is 79.9. The number of rotatable bonds is 4. The van der Waals surface area contributed by atoms with Crippen molar-refractivity contribution in [2.75, 3.05) is 25.0 Å². The average molecular weight is 326 g/mol. The van der Waals surface area contributed by atoms with E-state index in [4.69, 9.17) is 0 Å². The Labute approximate surface area is 122 Å². The van der Waals surface area contributed by atoms with Gasteiger partial charge in [0.05, 0.1) is 0 Å². The van der Waals surface area contributed by atoms with Crippen molar-refractivity contribution in [1.29, 1.82) is 0 Å². The van der Waals surface area contributed by atoms with Gasteiger partial charge in [0.15, 0.2) is 0 Å².